The number of rotatable bonds is 1. The molecule has 2 nitrogen and oxygen atoms in total. The first-order valence-corrected chi connectivity index (χ1v) is 5.20. The van der Waals surface area contributed by atoms with E-state index in [2.05, 4.69) is 49.4 Å². The summed E-state index contributed by atoms with van der Waals surface area (Å²) < 4.78 is 0. The summed E-state index contributed by atoms with van der Waals surface area (Å²) in [6, 6.07) is 7.08. The number of hydrogen-bond acceptors (Lipinski definition) is 2. The minimum absolute atomic E-state index is 0.576. The van der Waals surface area contributed by atoms with Gasteiger partial charge in [-0.3, -0.25) is 0 Å². The molecular weight excluding hydrogens is 172 g/mol. The van der Waals surface area contributed by atoms with Gasteiger partial charge in [0.15, 0.2) is 0 Å². The SMILES string of the molecule is Cc1cccc2c1C(N(C)C)CCN2. The molecule has 1 atom stereocenters. The lowest BCUT2D eigenvalue weighted by Gasteiger charge is -2.32. The minimum atomic E-state index is 0.576. The van der Waals surface area contributed by atoms with E-state index in [0.717, 1.165) is 6.54 Å². The predicted molar refractivity (Wildman–Crippen MR) is 60.7 cm³/mol. The van der Waals surface area contributed by atoms with Gasteiger partial charge in [0.25, 0.3) is 0 Å². The van der Waals surface area contributed by atoms with Crippen molar-refractivity contribution in [1.29, 1.82) is 0 Å². The van der Waals surface area contributed by atoms with Crippen LogP contribution in [0, 0.1) is 6.92 Å². The number of benzene rings is 1. The molecule has 76 valence electrons. The summed E-state index contributed by atoms with van der Waals surface area (Å²) in [5.74, 6) is 0. The van der Waals surface area contributed by atoms with Crippen LogP contribution in [0.25, 0.3) is 0 Å². The molecule has 14 heavy (non-hydrogen) atoms. The maximum Gasteiger partial charge on any atom is 0.0391 e. The standard InChI is InChI=1S/C12H18N2/c1-9-5-4-6-10-12(9)11(14(2)3)7-8-13-10/h4-6,11,13H,7-8H2,1-3H3. The fraction of sp³-hybridized carbons (Fsp3) is 0.500. The van der Waals surface area contributed by atoms with E-state index in [1.54, 1.807) is 0 Å². The molecule has 1 aliphatic heterocycles. The Morgan fingerprint density at radius 1 is 1.36 bits per heavy atom. The zero-order chi connectivity index (χ0) is 10.1. The van der Waals surface area contributed by atoms with E-state index in [1.807, 2.05) is 0 Å². The highest BCUT2D eigenvalue weighted by atomic mass is 15.1. The van der Waals surface area contributed by atoms with Crippen molar-refractivity contribution in [3.63, 3.8) is 0 Å². The van der Waals surface area contributed by atoms with Crippen LogP contribution < -0.4 is 5.32 Å². The number of nitrogens with zero attached hydrogens (tertiary/aromatic N) is 1. The highest BCUT2D eigenvalue weighted by molar-refractivity contribution is 5.57. The summed E-state index contributed by atoms with van der Waals surface area (Å²) in [4.78, 5) is 2.31. The number of nitrogens with one attached hydrogen (secondary N) is 1. The van der Waals surface area contributed by atoms with Crippen LogP contribution in [0.4, 0.5) is 5.69 Å². The maximum absolute atomic E-state index is 3.46. The number of fused-ring (bicyclic) bond motifs is 1. The van der Waals surface area contributed by atoms with E-state index in [-0.39, 0.29) is 0 Å². The largest absolute Gasteiger partial charge is 0.385 e. The quantitative estimate of drug-likeness (QED) is 0.731. The summed E-state index contributed by atoms with van der Waals surface area (Å²) in [7, 11) is 4.32. The van der Waals surface area contributed by atoms with E-state index in [1.165, 1.54) is 23.2 Å². The fourth-order valence-corrected chi connectivity index (χ4v) is 2.28. The van der Waals surface area contributed by atoms with Crippen LogP contribution in [0.2, 0.25) is 0 Å². The van der Waals surface area contributed by atoms with Gasteiger partial charge in [-0.1, -0.05) is 12.1 Å². The van der Waals surface area contributed by atoms with Gasteiger partial charge < -0.3 is 10.2 Å². The second kappa shape index (κ2) is 3.62. The number of anilines is 1. The van der Waals surface area contributed by atoms with Crippen LogP contribution >= 0.6 is 0 Å². The van der Waals surface area contributed by atoms with Gasteiger partial charge in [-0.2, -0.15) is 0 Å². The molecule has 2 rings (SSSR count). The van der Waals surface area contributed by atoms with Gasteiger partial charge in [0.05, 0.1) is 0 Å². The molecule has 0 amide bonds. The third-order valence-corrected chi connectivity index (χ3v) is 3.01. The van der Waals surface area contributed by atoms with Gasteiger partial charge in [0, 0.05) is 18.3 Å². The molecule has 0 radical (unpaired) electrons. The van der Waals surface area contributed by atoms with Gasteiger partial charge in [-0.15, -0.1) is 0 Å². The Morgan fingerprint density at radius 2 is 2.14 bits per heavy atom. The molecule has 1 aromatic carbocycles. The van der Waals surface area contributed by atoms with Crippen molar-refractivity contribution in [2.45, 2.75) is 19.4 Å². The van der Waals surface area contributed by atoms with Crippen molar-refractivity contribution < 1.29 is 0 Å². The molecule has 0 saturated heterocycles. The van der Waals surface area contributed by atoms with Crippen molar-refractivity contribution in [2.75, 3.05) is 26.0 Å². The lowest BCUT2D eigenvalue weighted by atomic mass is 9.93. The van der Waals surface area contributed by atoms with Gasteiger partial charge in [-0.25, -0.2) is 0 Å². The van der Waals surface area contributed by atoms with E-state index in [9.17, 15) is 0 Å². The molecule has 0 aromatic heterocycles. The molecule has 1 unspecified atom stereocenters. The number of hydrogen-bond donors (Lipinski definition) is 1. The first kappa shape index (κ1) is 9.53. The summed E-state index contributed by atoms with van der Waals surface area (Å²) in [6.45, 7) is 3.28. The Hall–Kier alpha value is -1.02. The monoisotopic (exact) mass is 190 g/mol. The topological polar surface area (TPSA) is 15.3 Å². The Bertz CT molecular complexity index is 331. The zero-order valence-corrected chi connectivity index (χ0v) is 9.17. The van der Waals surface area contributed by atoms with E-state index < -0.39 is 0 Å². The van der Waals surface area contributed by atoms with Crippen LogP contribution in [0.3, 0.4) is 0 Å². The molecule has 0 saturated carbocycles. The molecule has 1 heterocycles. The normalized spacial score (nSPS) is 20.4. The van der Waals surface area contributed by atoms with Gasteiger partial charge in [-0.05, 0) is 44.6 Å². The Morgan fingerprint density at radius 3 is 2.86 bits per heavy atom. The molecular formula is C12H18N2. The van der Waals surface area contributed by atoms with E-state index in [4.69, 9.17) is 0 Å². The summed E-state index contributed by atoms with van der Waals surface area (Å²) in [5.41, 5.74) is 4.19. The van der Waals surface area contributed by atoms with E-state index in [0.29, 0.717) is 6.04 Å². The number of aryl methyl sites for hydroxylation is 1. The highest BCUT2D eigenvalue weighted by Gasteiger charge is 2.22. The third-order valence-electron chi connectivity index (χ3n) is 3.01. The van der Waals surface area contributed by atoms with Crippen LogP contribution in [0.5, 0.6) is 0 Å². The Balaban J connectivity index is 2.47. The first-order chi connectivity index (χ1) is 6.70. The van der Waals surface area contributed by atoms with Crippen molar-refractivity contribution >= 4 is 5.69 Å². The third kappa shape index (κ3) is 1.50. The Kier molecular flexibility index (Phi) is 2.46. The molecule has 2 heteroatoms. The van der Waals surface area contributed by atoms with Crippen molar-refractivity contribution in [3.8, 4) is 0 Å². The maximum atomic E-state index is 3.46. The summed E-state index contributed by atoms with van der Waals surface area (Å²) in [5, 5.41) is 3.46. The second-order valence-corrected chi connectivity index (χ2v) is 4.23. The van der Waals surface area contributed by atoms with Crippen LogP contribution in [-0.2, 0) is 0 Å². The average Bonchev–Trinajstić information content (AvgIpc) is 2.17. The van der Waals surface area contributed by atoms with Crippen molar-refractivity contribution in [2.24, 2.45) is 0 Å². The van der Waals surface area contributed by atoms with Crippen LogP contribution in [-0.4, -0.2) is 25.5 Å². The minimum Gasteiger partial charge on any atom is -0.385 e. The first-order valence-electron chi connectivity index (χ1n) is 5.20. The molecule has 1 N–H and O–H groups in total. The zero-order valence-electron chi connectivity index (χ0n) is 9.17. The summed E-state index contributed by atoms with van der Waals surface area (Å²) in [6.07, 6.45) is 1.20. The molecule has 0 fully saturated rings. The lowest BCUT2D eigenvalue weighted by molar-refractivity contribution is 0.284. The molecule has 0 aliphatic carbocycles. The molecule has 0 spiro atoms. The second-order valence-electron chi connectivity index (χ2n) is 4.23. The van der Waals surface area contributed by atoms with E-state index >= 15 is 0 Å². The predicted octanol–water partition coefficient (Wildman–Crippen LogP) is 2.41. The van der Waals surface area contributed by atoms with Gasteiger partial charge in [0.2, 0.25) is 0 Å². The van der Waals surface area contributed by atoms with Gasteiger partial charge >= 0.3 is 0 Å². The smallest absolute Gasteiger partial charge is 0.0391 e. The fourth-order valence-electron chi connectivity index (χ4n) is 2.28. The van der Waals surface area contributed by atoms with Crippen LogP contribution in [0.1, 0.15) is 23.6 Å². The Labute approximate surface area is 85.9 Å². The molecule has 1 aromatic rings. The average molecular weight is 190 g/mol. The van der Waals surface area contributed by atoms with Gasteiger partial charge in [0.1, 0.15) is 0 Å². The van der Waals surface area contributed by atoms with Crippen LogP contribution in [0.15, 0.2) is 18.2 Å². The highest BCUT2D eigenvalue weighted by Crippen LogP contribution is 2.34. The lowest BCUT2D eigenvalue weighted by Crippen LogP contribution is -2.28. The molecule has 0 bridgehead atoms. The van der Waals surface area contributed by atoms with Crippen molar-refractivity contribution in [1.82, 2.24) is 4.90 Å². The summed E-state index contributed by atoms with van der Waals surface area (Å²) >= 11 is 0. The van der Waals surface area contributed by atoms with Crippen molar-refractivity contribution in [3.05, 3.63) is 29.3 Å². The molecule has 1 aliphatic rings.